The van der Waals surface area contributed by atoms with Crippen LogP contribution in [0.1, 0.15) is 0 Å². The molecule has 1 heterocycles. The first-order valence-electron chi connectivity index (χ1n) is 17.8. The van der Waals surface area contributed by atoms with Crippen molar-refractivity contribution < 1.29 is 0 Å². The van der Waals surface area contributed by atoms with Crippen LogP contribution in [0.5, 0.6) is 0 Å². The van der Waals surface area contributed by atoms with Crippen molar-refractivity contribution in [3.8, 4) is 33.4 Å². The lowest BCUT2D eigenvalue weighted by Gasteiger charge is -2.28. The first-order valence-corrected chi connectivity index (χ1v) is 18.6. The quantitative estimate of drug-likeness (QED) is 0.169. The molecule has 1 aromatic heterocycles. The van der Waals surface area contributed by atoms with Crippen molar-refractivity contribution in [1.82, 2.24) is 0 Å². The van der Waals surface area contributed by atoms with Crippen molar-refractivity contribution in [2.75, 3.05) is 4.90 Å². The molecule has 0 saturated heterocycles. The van der Waals surface area contributed by atoms with E-state index < -0.39 is 0 Å². The fourth-order valence-electron chi connectivity index (χ4n) is 7.68. The van der Waals surface area contributed by atoms with E-state index in [1.54, 1.807) is 0 Å². The second-order valence-corrected chi connectivity index (χ2v) is 14.4. The molecule has 0 aliphatic carbocycles. The van der Waals surface area contributed by atoms with Gasteiger partial charge >= 0.3 is 0 Å². The van der Waals surface area contributed by atoms with Gasteiger partial charge in [-0.25, -0.2) is 0 Å². The molecule has 0 saturated carbocycles. The van der Waals surface area contributed by atoms with Crippen molar-refractivity contribution in [3.05, 3.63) is 200 Å². The average molecular weight is 680 g/mol. The van der Waals surface area contributed by atoms with Crippen molar-refractivity contribution in [2.24, 2.45) is 0 Å². The number of hydrogen-bond acceptors (Lipinski definition) is 2. The standard InChI is InChI=1S/C50H33NS/c1-3-14-36-30-41(27-26-34(36)12-1)44-20-5-7-24-48(44)51(43-29-28-35-13-2-4-15-38(35)32-43)42-19-10-17-39(33-42)37-16-9-18-40(31-37)45-22-11-23-47-46-21-6-8-25-49(46)52-50(45)47/h1-33H. The predicted octanol–water partition coefficient (Wildman–Crippen LogP) is 14.8. The fourth-order valence-corrected chi connectivity index (χ4v) is 8.92. The largest absolute Gasteiger partial charge is 0.310 e. The number of nitrogens with zero attached hydrogens (tertiary/aromatic N) is 1. The van der Waals surface area contributed by atoms with Gasteiger partial charge in [0.05, 0.1) is 5.69 Å². The van der Waals surface area contributed by atoms with Crippen LogP contribution in [0.25, 0.3) is 75.1 Å². The second kappa shape index (κ2) is 12.7. The summed E-state index contributed by atoms with van der Waals surface area (Å²) < 4.78 is 2.66. The zero-order valence-electron chi connectivity index (χ0n) is 28.4. The highest BCUT2D eigenvalue weighted by atomic mass is 32.1. The van der Waals surface area contributed by atoms with Crippen molar-refractivity contribution in [1.29, 1.82) is 0 Å². The Kier molecular flexibility index (Phi) is 7.41. The third kappa shape index (κ3) is 5.33. The van der Waals surface area contributed by atoms with Crippen LogP contribution in [0.4, 0.5) is 17.1 Å². The molecular weight excluding hydrogens is 647 g/mol. The second-order valence-electron chi connectivity index (χ2n) is 13.4. The lowest BCUT2D eigenvalue weighted by molar-refractivity contribution is 1.29. The normalized spacial score (nSPS) is 11.5. The van der Waals surface area contributed by atoms with Gasteiger partial charge in [0.25, 0.3) is 0 Å². The van der Waals surface area contributed by atoms with E-state index in [1.807, 2.05) is 11.3 Å². The van der Waals surface area contributed by atoms with Gasteiger partial charge in [0.1, 0.15) is 0 Å². The molecule has 0 atom stereocenters. The third-order valence-corrected chi connectivity index (χ3v) is 11.4. The summed E-state index contributed by atoms with van der Waals surface area (Å²) in [6.45, 7) is 0. The minimum atomic E-state index is 1.11. The van der Waals surface area contributed by atoms with Gasteiger partial charge in [-0.1, -0.05) is 152 Å². The van der Waals surface area contributed by atoms with E-state index in [2.05, 4.69) is 205 Å². The molecular formula is C50H33NS. The number of benzene rings is 9. The number of fused-ring (bicyclic) bond motifs is 5. The minimum absolute atomic E-state index is 1.11. The zero-order valence-corrected chi connectivity index (χ0v) is 29.2. The Morgan fingerprint density at radius 1 is 0.327 bits per heavy atom. The Morgan fingerprint density at radius 3 is 1.77 bits per heavy atom. The Hall–Kier alpha value is -6.48. The van der Waals surface area contributed by atoms with E-state index in [1.165, 1.54) is 75.1 Å². The van der Waals surface area contributed by atoms with Crippen molar-refractivity contribution in [2.45, 2.75) is 0 Å². The Morgan fingerprint density at radius 2 is 0.904 bits per heavy atom. The number of para-hydroxylation sites is 1. The molecule has 10 rings (SSSR count). The molecule has 0 amide bonds. The third-order valence-electron chi connectivity index (χ3n) is 10.2. The van der Waals surface area contributed by atoms with E-state index in [9.17, 15) is 0 Å². The summed E-state index contributed by atoms with van der Waals surface area (Å²) in [6, 6.07) is 73.0. The van der Waals surface area contributed by atoms with Crippen molar-refractivity contribution in [3.63, 3.8) is 0 Å². The van der Waals surface area contributed by atoms with Gasteiger partial charge in [-0.05, 0) is 97.9 Å². The molecule has 0 aliphatic rings. The van der Waals surface area contributed by atoms with E-state index in [-0.39, 0.29) is 0 Å². The number of rotatable bonds is 6. The monoisotopic (exact) mass is 679 g/mol. The Labute approximate surface area is 307 Å². The molecule has 0 unspecified atom stereocenters. The fraction of sp³-hybridized carbons (Fsp3) is 0. The molecule has 0 aliphatic heterocycles. The maximum absolute atomic E-state index is 2.42. The van der Waals surface area contributed by atoms with Crippen LogP contribution in [-0.2, 0) is 0 Å². The number of anilines is 3. The molecule has 0 fully saturated rings. The molecule has 10 aromatic rings. The molecule has 2 heteroatoms. The molecule has 1 nitrogen and oxygen atoms in total. The lowest BCUT2D eigenvalue weighted by Crippen LogP contribution is -2.11. The summed E-state index contributed by atoms with van der Waals surface area (Å²) in [5, 5.41) is 7.57. The van der Waals surface area contributed by atoms with Gasteiger partial charge in [0.2, 0.25) is 0 Å². The smallest absolute Gasteiger partial charge is 0.0540 e. The highest BCUT2D eigenvalue weighted by molar-refractivity contribution is 7.26. The van der Waals surface area contributed by atoms with Crippen LogP contribution in [0.15, 0.2) is 200 Å². The maximum Gasteiger partial charge on any atom is 0.0540 e. The lowest BCUT2D eigenvalue weighted by atomic mass is 9.96. The summed E-state index contributed by atoms with van der Waals surface area (Å²) in [5.74, 6) is 0. The molecule has 0 N–H and O–H groups in total. The molecule has 0 radical (unpaired) electrons. The van der Waals surface area contributed by atoms with Crippen LogP contribution in [0.2, 0.25) is 0 Å². The first kappa shape index (κ1) is 30.4. The van der Waals surface area contributed by atoms with Gasteiger partial charge in [-0.2, -0.15) is 0 Å². The maximum atomic E-state index is 2.42. The number of thiophene rings is 1. The summed E-state index contributed by atoms with van der Waals surface area (Å²) in [7, 11) is 0. The minimum Gasteiger partial charge on any atom is -0.310 e. The molecule has 0 spiro atoms. The molecule has 244 valence electrons. The van der Waals surface area contributed by atoms with Gasteiger partial charge in [-0.15, -0.1) is 11.3 Å². The summed E-state index contributed by atoms with van der Waals surface area (Å²) in [4.78, 5) is 2.42. The highest BCUT2D eigenvalue weighted by Crippen LogP contribution is 2.44. The van der Waals surface area contributed by atoms with Gasteiger partial charge in [0.15, 0.2) is 0 Å². The van der Waals surface area contributed by atoms with E-state index in [0.717, 1.165) is 17.1 Å². The summed E-state index contributed by atoms with van der Waals surface area (Å²) in [6.07, 6.45) is 0. The van der Waals surface area contributed by atoms with Gasteiger partial charge in [0, 0.05) is 37.1 Å². The van der Waals surface area contributed by atoms with E-state index in [4.69, 9.17) is 0 Å². The van der Waals surface area contributed by atoms with Crippen LogP contribution in [0.3, 0.4) is 0 Å². The van der Waals surface area contributed by atoms with E-state index in [0.29, 0.717) is 0 Å². The van der Waals surface area contributed by atoms with Crippen LogP contribution in [0, 0.1) is 0 Å². The summed E-state index contributed by atoms with van der Waals surface area (Å²) in [5.41, 5.74) is 10.6. The first-order chi connectivity index (χ1) is 25.8. The average Bonchev–Trinajstić information content (AvgIpc) is 3.60. The summed E-state index contributed by atoms with van der Waals surface area (Å²) >= 11 is 1.88. The molecule has 52 heavy (non-hydrogen) atoms. The highest BCUT2D eigenvalue weighted by Gasteiger charge is 2.19. The van der Waals surface area contributed by atoms with Crippen LogP contribution >= 0.6 is 11.3 Å². The van der Waals surface area contributed by atoms with Crippen molar-refractivity contribution >= 4 is 70.1 Å². The van der Waals surface area contributed by atoms with E-state index >= 15 is 0 Å². The zero-order chi connectivity index (χ0) is 34.4. The molecule has 9 aromatic carbocycles. The Balaban J connectivity index is 1.12. The van der Waals surface area contributed by atoms with Gasteiger partial charge in [-0.3, -0.25) is 0 Å². The SMILES string of the molecule is c1cc(-c2cccc(N(c3ccc4ccccc4c3)c3ccccc3-c3ccc4ccccc4c3)c2)cc(-c2cccc3c2sc2ccccc23)c1. The van der Waals surface area contributed by atoms with Crippen LogP contribution < -0.4 is 4.90 Å². The van der Waals surface area contributed by atoms with Gasteiger partial charge < -0.3 is 4.90 Å². The topological polar surface area (TPSA) is 3.24 Å². The Bertz CT molecular complexity index is 2930. The van der Waals surface area contributed by atoms with Crippen LogP contribution in [-0.4, -0.2) is 0 Å². The number of hydrogen-bond donors (Lipinski definition) is 0. The predicted molar refractivity (Wildman–Crippen MR) is 225 cm³/mol. The molecule has 0 bridgehead atoms.